The number of methoxy groups -OCH3 is 1. The zero-order valence-electron chi connectivity index (χ0n) is 18.8. The molecular formula is C25H27FN4O2. The number of aryl methyl sites for hydroxylation is 1. The molecule has 0 spiro atoms. The molecule has 0 amide bonds. The lowest BCUT2D eigenvalue weighted by Gasteiger charge is -2.21. The lowest BCUT2D eigenvalue weighted by Crippen LogP contribution is -2.24. The molecule has 1 fully saturated rings. The molecule has 1 saturated heterocycles. The van der Waals surface area contributed by atoms with Crippen LogP contribution < -0.4 is 4.74 Å². The summed E-state index contributed by atoms with van der Waals surface area (Å²) in [5.74, 6) is 2.94. The zero-order chi connectivity index (χ0) is 22.4. The van der Waals surface area contributed by atoms with Crippen LogP contribution >= 0.6 is 0 Å². The average molecular weight is 435 g/mol. The Morgan fingerprint density at radius 3 is 2.81 bits per heavy atom. The third-order valence-electron chi connectivity index (χ3n) is 6.57. The van der Waals surface area contributed by atoms with Gasteiger partial charge >= 0.3 is 0 Å². The van der Waals surface area contributed by atoms with Crippen LogP contribution in [0.3, 0.4) is 0 Å². The highest BCUT2D eigenvalue weighted by Crippen LogP contribution is 2.35. The molecule has 0 aliphatic carbocycles. The van der Waals surface area contributed by atoms with E-state index in [0.29, 0.717) is 12.4 Å². The van der Waals surface area contributed by atoms with E-state index in [4.69, 9.17) is 19.1 Å². The number of likely N-dealkylation sites (tertiary alicyclic amines) is 1. The molecule has 0 bridgehead atoms. The number of ether oxygens (including phenoxy) is 1. The number of H-pyrrole nitrogens is 1. The van der Waals surface area contributed by atoms with Crippen LogP contribution in [0, 0.1) is 26.6 Å². The van der Waals surface area contributed by atoms with Crippen molar-refractivity contribution >= 4 is 11.0 Å². The Kier molecular flexibility index (Phi) is 5.21. The number of rotatable bonds is 5. The first kappa shape index (κ1) is 20.7. The van der Waals surface area contributed by atoms with E-state index in [1.165, 1.54) is 12.1 Å². The summed E-state index contributed by atoms with van der Waals surface area (Å²) in [4.78, 5) is 15.3. The molecular weight excluding hydrogens is 407 g/mol. The van der Waals surface area contributed by atoms with Gasteiger partial charge in [-0.05, 0) is 81.6 Å². The van der Waals surface area contributed by atoms with Gasteiger partial charge in [0.1, 0.15) is 23.2 Å². The molecule has 32 heavy (non-hydrogen) atoms. The van der Waals surface area contributed by atoms with E-state index in [-0.39, 0.29) is 11.9 Å². The highest BCUT2D eigenvalue weighted by molar-refractivity contribution is 5.75. The summed E-state index contributed by atoms with van der Waals surface area (Å²) in [5, 5.41) is 0. The lowest BCUT2D eigenvalue weighted by atomic mass is 10.0. The van der Waals surface area contributed by atoms with Crippen molar-refractivity contribution in [3.8, 4) is 17.2 Å². The Bertz CT molecular complexity index is 1290. The van der Waals surface area contributed by atoms with Gasteiger partial charge in [-0.3, -0.25) is 4.90 Å². The molecule has 166 valence electrons. The van der Waals surface area contributed by atoms with Crippen molar-refractivity contribution in [3.05, 3.63) is 64.6 Å². The minimum absolute atomic E-state index is 0.148. The predicted octanol–water partition coefficient (Wildman–Crippen LogP) is 5.63. The van der Waals surface area contributed by atoms with Gasteiger partial charge in [-0.2, -0.15) is 0 Å². The number of nitrogens with zero attached hydrogens (tertiary/aromatic N) is 3. The Labute approximate surface area is 186 Å². The molecule has 5 rings (SSSR count). The molecule has 4 aromatic rings. The van der Waals surface area contributed by atoms with Crippen molar-refractivity contribution in [2.24, 2.45) is 0 Å². The molecule has 1 aliphatic heterocycles. The predicted molar refractivity (Wildman–Crippen MR) is 121 cm³/mol. The molecule has 3 heterocycles. The number of aromatic amines is 1. The number of hydrogen-bond acceptors (Lipinski definition) is 5. The fourth-order valence-electron chi connectivity index (χ4n) is 4.62. The molecule has 1 N–H and O–H groups in total. The summed E-state index contributed by atoms with van der Waals surface area (Å²) in [6.07, 6.45) is 2.08. The Morgan fingerprint density at radius 2 is 2.00 bits per heavy atom. The van der Waals surface area contributed by atoms with Crippen LogP contribution in [0.25, 0.3) is 22.5 Å². The molecule has 6 nitrogen and oxygen atoms in total. The van der Waals surface area contributed by atoms with Gasteiger partial charge < -0.3 is 14.1 Å². The number of benzene rings is 2. The number of nitrogens with one attached hydrogen (secondary N) is 1. The first-order valence-electron chi connectivity index (χ1n) is 10.9. The maximum absolute atomic E-state index is 13.6. The normalized spacial score (nSPS) is 16.8. The Morgan fingerprint density at radius 1 is 1.16 bits per heavy atom. The van der Waals surface area contributed by atoms with Crippen LogP contribution in [0.15, 0.2) is 34.7 Å². The highest BCUT2D eigenvalue weighted by Gasteiger charge is 2.30. The number of oxazole rings is 1. The van der Waals surface area contributed by atoms with Gasteiger partial charge in [0.05, 0.1) is 29.9 Å². The van der Waals surface area contributed by atoms with Gasteiger partial charge in [0.25, 0.3) is 0 Å². The zero-order valence-corrected chi connectivity index (χ0v) is 18.8. The first-order chi connectivity index (χ1) is 15.4. The second kappa shape index (κ2) is 8.06. The van der Waals surface area contributed by atoms with Crippen LogP contribution in [0.4, 0.5) is 4.39 Å². The molecule has 7 heteroatoms. The molecule has 2 aromatic carbocycles. The molecule has 2 aromatic heterocycles. The van der Waals surface area contributed by atoms with E-state index < -0.39 is 0 Å². The van der Waals surface area contributed by atoms with Crippen molar-refractivity contribution < 1.29 is 13.5 Å². The summed E-state index contributed by atoms with van der Waals surface area (Å²) in [6.45, 7) is 7.71. The van der Waals surface area contributed by atoms with Crippen LogP contribution in [-0.2, 0) is 6.54 Å². The number of aromatic nitrogens is 3. The summed E-state index contributed by atoms with van der Waals surface area (Å²) in [5.41, 5.74) is 5.63. The standard InChI is InChI=1S/C25H27FN4O2/c1-14-15(2)23(31-4)10-8-18(14)25-29-21(16(3)32-25)13-30-11-5-6-22(30)24-27-19-9-7-17(26)12-20(19)28-24/h7-10,12,22H,5-6,11,13H2,1-4H3,(H,27,28)/t22-/m1/s1. The van der Waals surface area contributed by atoms with E-state index in [9.17, 15) is 4.39 Å². The number of hydrogen-bond donors (Lipinski definition) is 1. The van der Waals surface area contributed by atoms with Crippen molar-refractivity contribution in [1.29, 1.82) is 0 Å². The van der Waals surface area contributed by atoms with Crippen LogP contribution in [0.1, 0.15) is 47.3 Å². The number of fused-ring (bicyclic) bond motifs is 1. The van der Waals surface area contributed by atoms with Crippen molar-refractivity contribution in [2.75, 3.05) is 13.7 Å². The second-order valence-electron chi connectivity index (χ2n) is 8.50. The number of halogens is 1. The summed E-state index contributed by atoms with van der Waals surface area (Å²) >= 11 is 0. The quantitative estimate of drug-likeness (QED) is 0.441. The fourth-order valence-corrected chi connectivity index (χ4v) is 4.62. The van der Waals surface area contributed by atoms with Gasteiger partial charge in [-0.1, -0.05) is 0 Å². The SMILES string of the molecule is COc1ccc(-c2nc(CN3CCC[C@@H]3c3nc4ccc(F)cc4[nH]3)c(C)o2)c(C)c1C. The largest absolute Gasteiger partial charge is 0.496 e. The van der Waals surface area contributed by atoms with E-state index in [2.05, 4.69) is 16.8 Å². The van der Waals surface area contributed by atoms with Crippen LogP contribution in [0.2, 0.25) is 0 Å². The Balaban J connectivity index is 1.41. The first-order valence-corrected chi connectivity index (χ1v) is 10.9. The van der Waals surface area contributed by atoms with Gasteiger partial charge in [0.2, 0.25) is 5.89 Å². The van der Waals surface area contributed by atoms with Crippen molar-refractivity contribution in [1.82, 2.24) is 19.9 Å². The minimum Gasteiger partial charge on any atom is -0.496 e. The average Bonchev–Trinajstić information content (AvgIpc) is 3.48. The Hall–Kier alpha value is -3.19. The molecule has 0 saturated carbocycles. The molecule has 1 atom stereocenters. The summed E-state index contributed by atoms with van der Waals surface area (Å²) < 4.78 is 25.1. The van der Waals surface area contributed by atoms with Crippen molar-refractivity contribution in [2.45, 2.75) is 46.2 Å². The van der Waals surface area contributed by atoms with Crippen LogP contribution in [0.5, 0.6) is 5.75 Å². The van der Waals surface area contributed by atoms with E-state index in [1.54, 1.807) is 13.2 Å². The number of imidazole rings is 1. The maximum Gasteiger partial charge on any atom is 0.226 e. The second-order valence-corrected chi connectivity index (χ2v) is 8.50. The third-order valence-corrected chi connectivity index (χ3v) is 6.57. The maximum atomic E-state index is 13.6. The van der Waals surface area contributed by atoms with Gasteiger partial charge in [-0.15, -0.1) is 0 Å². The molecule has 1 aliphatic rings. The van der Waals surface area contributed by atoms with Gasteiger partial charge in [-0.25, -0.2) is 14.4 Å². The van der Waals surface area contributed by atoms with Crippen molar-refractivity contribution in [3.63, 3.8) is 0 Å². The monoisotopic (exact) mass is 434 g/mol. The van der Waals surface area contributed by atoms with Gasteiger partial charge in [0, 0.05) is 12.1 Å². The fraction of sp³-hybridized carbons (Fsp3) is 0.360. The van der Waals surface area contributed by atoms with E-state index >= 15 is 0 Å². The van der Waals surface area contributed by atoms with Crippen LogP contribution in [-0.4, -0.2) is 33.5 Å². The highest BCUT2D eigenvalue weighted by atomic mass is 19.1. The minimum atomic E-state index is -0.259. The van der Waals surface area contributed by atoms with E-state index in [1.807, 2.05) is 26.0 Å². The lowest BCUT2D eigenvalue weighted by molar-refractivity contribution is 0.237. The van der Waals surface area contributed by atoms with E-state index in [0.717, 1.165) is 70.1 Å². The van der Waals surface area contributed by atoms with Gasteiger partial charge in [0.15, 0.2) is 0 Å². The molecule has 0 unspecified atom stereocenters. The third kappa shape index (κ3) is 3.56. The summed E-state index contributed by atoms with van der Waals surface area (Å²) in [7, 11) is 1.68. The summed E-state index contributed by atoms with van der Waals surface area (Å²) in [6, 6.07) is 8.77. The topological polar surface area (TPSA) is 67.2 Å². The smallest absolute Gasteiger partial charge is 0.226 e. The molecule has 0 radical (unpaired) electrons.